The summed E-state index contributed by atoms with van der Waals surface area (Å²) in [7, 11) is 1.57. The van der Waals surface area contributed by atoms with Gasteiger partial charge in [0.05, 0.1) is 24.3 Å². The van der Waals surface area contributed by atoms with Crippen LogP contribution < -0.4 is 15.8 Å². The number of nitrogens with zero attached hydrogens (tertiary/aromatic N) is 3. The van der Waals surface area contributed by atoms with Crippen molar-refractivity contribution in [2.75, 3.05) is 25.3 Å². The van der Waals surface area contributed by atoms with E-state index in [-0.39, 0.29) is 0 Å². The van der Waals surface area contributed by atoms with Crippen LogP contribution in [-0.4, -0.2) is 41.0 Å². The first-order valence-corrected chi connectivity index (χ1v) is 11.0. The van der Waals surface area contributed by atoms with E-state index in [1.54, 1.807) is 31.9 Å². The zero-order valence-corrected chi connectivity index (χ0v) is 19.0. The average Bonchev–Trinajstić information content (AvgIpc) is 2.74. The molecular formula is C21H24ClN5O3S. The Kier molecular flexibility index (Phi) is 9.86. The number of carbonyl (C=O) groups excluding carboxylic acids is 1. The van der Waals surface area contributed by atoms with Gasteiger partial charge in [-0.25, -0.2) is 14.8 Å². The molecule has 0 aliphatic heterocycles. The summed E-state index contributed by atoms with van der Waals surface area (Å²) in [5, 5.41) is 3.73. The number of methoxy groups -OCH3 is 1. The van der Waals surface area contributed by atoms with Crippen LogP contribution in [0.25, 0.3) is 11.4 Å². The molecular weight excluding hydrogens is 438 g/mol. The van der Waals surface area contributed by atoms with Crippen molar-refractivity contribution in [1.29, 1.82) is 0 Å². The minimum Gasteiger partial charge on any atom is -0.494 e. The SMILES string of the molecule is CCOC(N)=O.COc1c(Cl)cccc1-c1ncnc(Nc2cccc(CSC)c2)n1. The van der Waals surface area contributed by atoms with Crippen molar-refractivity contribution >= 4 is 41.1 Å². The number of hydrogen-bond donors (Lipinski definition) is 2. The molecule has 0 radical (unpaired) electrons. The van der Waals surface area contributed by atoms with Crippen molar-refractivity contribution < 1.29 is 14.3 Å². The van der Waals surface area contributed by atoms with Gasteiger partial charge in [0.2, 0.25) is 5.95 Å². The lowest BCUT2D eigenvalue weighted by molar-refractivity contribution is 0.163. The van der Waals surface area contributed by atoms with E-state index in [1.165, 1.54) is 11.9 Å². The molecule has 0 atom stereocenters. The predicted octanol–water partition coefficient (Wildman–Crippen LogP) is 4.91. The van der Waals surface area contributed by atoms with Gasteiger partial charge in [0.25, 0.3) is 0 Å². The number of aromatic nitrogens is 3. The normalized spacial score (nSPS) is 9.94. The minimum absolute atomic E-state index is 0.356. The maximum Gasteiger partial charge on any atom is 0.404 e. The van der Waals surface area contributed by atoms with Crippen LogP contribution in [0.5, 0.6) is 5.75 Å². The molecule has 0 saturated carbocycles. The largest absolute Gasteiger partial charge is 0.494 e. The molecule has 2 aromatic carbocycles. The van der Waals surface area contributed by atoms with Crippen molar-refractivity contribution in [2.45, 2.75) is 12.7 Å². The Labute approximate surface area is 190 Å². The number of amides is 1. The second-order valence-electron chi connectivity index (χ2n) is 5.96. The standard InChI is InChI=1S/C18H17ClN4OS.C3H7NO2/c1-24-16-14(7-4-8-15(16)19)17-20-11-21-18(23-17)22-13-6-3-5-12(9-13)10-25-2;1-2-6-3(4)5/h3-9,11H,10H2,1-2H3,(H,20,21,22,23);2H2,1H3,(H2,4,5). The molecule has 0 aliphatic carbocycles. The summed E-state index contributed by atoms with van der Waals surface area (Å²) in [6, 6.07) is 13.6. The smallest absolute Gasteiger partial charge is 0.404 e. The van der Waals surface area contributed by atoms with Crippen molar-refractivity contribution in [1.82, 2.24) is 15.0 Å². The molecule has 0 fully saturated rings. The van der Waals surface area contributed by atoms with Gasteiger partial charge in [-0.2, -0.15) is 16.7 Å². The van der Waals surface area contributed by atoms with Crippen LogP contribution >= 0.6 is 23.4 Å². The van der Waals surface area contributed by atoms with Crippen LogP contribution in [-0.2, 0) is 10.5 Å². The molecule has 0 bridgehead atoms. The fourth-order valence-electron chi connectivity index (χ4n) is 2.56. The van der Waals surface area contributed by atoms with E-state index in [4.69, 9.17) is 16.3 Å². The third kappa shape index (κ3) is 7.62. The maximum atomic E-state index is 9.60. The maximum absolute atomic E-state index is 9.60. The van der Waals surface area contributed by atoms with Crippen LogP contribution in [0.15, 0.2) is 48.8 Å². The van der Waals surface area contributed by atoms with Gasteiger partial charge in [-0.3, -0.25) is 0 Å². The molecule has 0 spiro atoms. The number of ether oxygens (including phenoxy) is 2. The highest BCUT2D eigenvalue weighted by atomic mass is 35.5. The Morgan fingerprint density at radius 1 is 1.23 bits per heavy atom. The molecule has 3 aromatic rings. The molecule has 8 nitrogen and oxygen atoms in total. The molecule has 1 heterocycles. The van der Waals surface area contributed by atoms with E-state index in [2.05, 4.69) is 49.1 Å². The van der Waals surface area contributed by atoms with Gasteiger partial charge in [-0.15, -0.1) is 0 Å². The molecule has 1 amide bonds. The van der Waals surface area contributed by atoms with Crippen molar-refractivity contribution in [2.24, 2.45) is 5.73 Å². The Morgan fingerprint density at radius 2 is 2.00 bits per heavy atom. The van der Waals surface area contributed by atoms with Gasteiger partial charge in [0, 0.05) is 11.4 Å². The lowest BCUT2D eigenvalue weighted by Crippen LogP contribution is -2.11. The van der Waals surface area contributed by atoms with Gasteiger partial charge >= 0.3 is 6.09 Å². The number of thioether (sulfide) groups is 1. The summed E-state index contributed by atoms with van der Waals surface area (Å²) in [6.07, 6.45) is 2.84. The van der Waals surface area contributed by atoms with Crippen LogP contribution in [0, 0.1) is 0 Å². The number of para-hydroxylation sites is 1. The number of benzene rings is 2. The Morgan fingerprint density at radius 3 is 2.65 bits per heavy atom. The van der Waals surface area contributed by atoms with Gasteiger partial charge < -0.3 is 20.5 Å². The number of halogens is 1. The first kappa shape index (κ1) is 24.2. The summed E-state index contributed by atoms with van der Waals surface area (Å²) < 4.78 is 9.56. The number of anilines is 2. The summed E-state index contributed by atoms with van der Waals surface area (Å²) in [5.74, 6) is 2.46. The second-order valence-corrected chi connectivity index (χ2v) is 7.24. The predicted molar refractivity (Wildman–Crippen MR) is 125 cm³/mol. The molecule has 0 saturated heterocycles. The summed E-state index contributed by atoms with van der Waals surface area (Å²) in [5.41, 5.74) is 7.43. The summed E-state index contributed by atoms with van der Waals surface area (Å²) in [4.78, 5) is 22.5. The molecule has 31 heavy (non-hydrogen) atoms. The quantitative estimate of drug-likeness (QED) is 0.510. The van der Waals surface area contributed by atoms with Crippen LogP contribution in [0.2, 0.25) is 5.02 Å². The molecule has 3 rings (SSSR count). The second kappa shape index (κ2) is 12.6. The number of nitrogens with two attached hydrogens (primary N) is 1. The van der Waals surface area contributed by atoms with E-state index in [9.17, 15) is 4.79 Å². The number of hydrogen-bond acceptors (Lipinski definition) is 8. The van der Waals surface area contributed by atoms with Gasteiger partial charge in [0.1, 0.15) is 12.1 Å². The minimum atomic E-state index is -0.711. The van der Waals surface area contributed by atoms with E-state index in [0.29, 0.717) is 29.2 Å². The Balaban J connectivity index is 0.000000501. The molecule has 10 heteroatoms. The number of primary amides is 1. The van der Waals surface area contributed by atoms with Crippen molar-refractivity contribution in [3.05, 3.63) is 59.4 Å². The first-order chi connectivity index (χ1) is 15.0. The third-order valence-electron chi connectivity index (χ3n) is 3.76. The van der Waals surface area contributed by atoms with Gasteiger partial charge in [-0.1, -0.05) is 29.8 Å². The average molecular weight is 462 g/mol. The molecule has 164 valence electrons. The number of rotatable bonds is 7. The third-order valence-corrected chi connectivity index (χ3v) is 4.68. The monoisotopic (exact) mass is 461 g/mol. The van der Waals surface area contributed by atoms with E-state index < -0.39 is 6.09 Å². The summed E-state index contributed by atoms with van der Waals surface area (Å²) in [6.45, 7) is 2.06. The van der Waals surface area contributed by atoms with E-state index in [1.807, 2.05) is 24.3 Å². The molecule has 1 aromatic heterocycles. The van der Waals surface area contributed by atoms with Crippen LogP contribution in [0.3, 0.4) is 0 Å². The first-order valence-electron chi connectivity index (χ1n) is 9.27. The number of carbonyl (C=O) groups is 1. The van der Waals surface area contributed by atoms with Crippen LogP contribution in [0.1, 0.15) is 12.5 Å². The lowest BCUT2D eigenvalue weighted by atomic mass is 10.2. The van der Waals surface area contributed by atoms with E-state index in [0.717, 1.165) is 17.0 Å². The zero-order chi connectivity index (χ0) is 22.6. The zero-order valence-electron chi connectivity index (χ0n) is 17.5. The Hall–Kier alpha value is -3.04. The highest BCUT2D eigenvalue weighted by Gasteiger charge is 2.13. The van der Waals surface area contributed by atoms with Crippen LogP contribution in [0.4, 0.5) is 16.4 Å². The fourth-order valence-corrected chi connectivity index (χ4v) is 3.32. The van der Waals surface area contributed by atoms with Crippen molar-refractivity contribution in [3.63, 3.8) is 0 Å². The lowest BCUT2D eigenvalue weighted by Gasteiger charge is -2.10. The highest BCUT2D eigenvalue weighted by molar-refractivity contribution is 7.97. The van der Waals surface area contributed by atoms with Gasteiger partial charge in [0.15, 0.2) is 5.82 Å². The molecule has 0 aliphatic rings. The summed E-state index contributed by atoms with van der Waals surface area (Å²) >= 11 is 7.96. The molecule has 0 unspecified atom stereocenters. The fraction of sp³-hybridized carbons (Fsp3) is 0.238. The Bertz CT molecular complexity index is 1010. The highest BCUT2D eigenvalue weighted by Crippen LogP contribution is 2.34. The van der Waals surface area contributed by atoms with E-state index >= 15 is 0 Å². The number of nitrogens with one attached hydrogen (secondary N) is 1. The van der Waals surface area contributed by atoms with Gasteiger partial charge in [-0.05, 0) is 43.0 Å². The molecule has 3 N–H and O–H groups in total. The topological polar surface area (TPSA) is 112 Å². The van der Waals surface area contributed by atoms with Crippen molar-refractivity contribution in [3.8, 4) is 17.1 Å².